The standard InChI is InChI=1S/C14H12Cl2N4O3/c15-8-3-9(16)5-10(4-8)20-13(21)1-2-17-12-7-18-11(6-19-12)14(22)23/h3-7H,1-2H2,(H,17,19)(H,20,21)(H,22,23). The molecule has 0 saturated carbocycles. The van der Waals surface area contributed by atoms with E-state index in [4.69, 9.17) is 28.3 Å². The lowest BCUT2D eigenvalue weighted by molar-refractivity contribution is -0.115. The summed E-state index contributed by atoms with van der Waals surface area (Å²) in [5.74, 6) is -0.997. The Bertz CT molecular complexity index is 702. The molecule has 1 aromatic carbocycles. The van der Waals surface area contributed by atoms with Gasteiger partial charge in [0.15, 0.2) is 5.69 Å². The van der Waals surface area contributed by atoms with Crippen LogP contribution in [0.4, 0.5) is 11.5 Å². The fourth-order valence-electron chi connectivity index (χ4n) is 1.68. The Labute approximate surface area is 141 Å². The number of nitrogens with zero attached hydrogens (tertiary/aromatic N) is 2. The summed E-state index contributed by atoms with van der Waals surface area (Å²) < 4.78 is 0. The molecule has 0 fully saturated rings. The van der Waals surface area contributed by atoms with E-state index in [1.165, 1.54) is 6.20 Å². The highest BCUT2D eigenvalue weighted by atomic mass is 35.5. The SMILES string of the molecule is O=C(CCNc1cnc(C(=O)O)cn1)Nc1cc(Cl)cc(Cl)c1. The molecule has 0 aliphatic rings. The van der Waals surface area contributed by atoms with Gasteiger partial charge in [0, 0.05) is 28.7 Å². The number of anilines is 2. The minimum absolute atomic E-state index is 0.147. The molecule has 120 valence electrons. The molecule has 0 radical (unpaired) electrons. The average molecular weight is 355 g/mol. The van der Waals surface area contributed by atoms with Crippen LogP contribution < -0.4 is 10.6 Å². The van der Waals surface area contributed by atoms with Crippen molar-refractivity contribution in [1.82, 2.24) is 9.97 Å². The van der Waals surface area contributed by atoms with Crippen LogP contribution in [0, 0.1) is 0 Å². The van der Waals surface area contributed by atoms with Gasteiger partial charge in [-0.15, -0.1) is 0 Å². The highest BCUT2D eigenvalue weighted by Crippen LogP contribution is 2.22. The summed E-state index contributed by atoms with van der Waals surface area (Å²) in [6, 6.07) is 4.75. The van der Waals surface area contributed by atoms with Crippen molar-refractivity contribution in [2.45, 2.75) is 6.42 Å². The van der Waals surface area contributed by atoms with Crippen molar-refractivity contribution in [2.75, 3.05) is 17.2 Å². The van der Waals surface area contributed by atoms with Crippen LogP contribution in [-0.4, -0.2) is 33.5 Å². The fourth-order valence-corrected chi connectivity index (χ4v) is 2.21. The number of nitrogens with one attached hydrogen (secondary N) is 2. The number of carboxylic acid groups (broad SMARTS) is 1. The maximum absolute atomic E-state index is 11.8. The van der Waals surface area contributed by atoms with Gasteiger partial charge in [-0.25, -0.2) is 14.8 Å². The Morgan fingerprint density at radius 3 is 2.35 bits per heavy atom. The van der Waals surface area contributed by atoms with Crippen LogP contribution in [0.25, 0.3) is 0 Å². The largest absolute Gasteiger partial charge is 0.476 e. The molecule has 1 amide bonds. The topological polar surface area (TPSA) is 104 Å². The molecule has 0 unspecified atom stereocenters. The quantitative estimate of drug-likeness (QED) is 0.736. The molecule has 0 aliphatic heterocycles. The summed E-state index contributed by atoms with van der Waals surface area (Å²) in [6.45, 7) is 0.307. The van der Waals surface area contributed by atoms with Gasteiger partial charge in [-0.3, -0.25) is 4.79 Å². The van der Waals surface area contributed by atoms with Crippen molar-refractivity contribution >= 4 is 46.6 Å². The molecule has 1 heterocycles. The molecule has 0 bridgehead atoms. The highest BCUT2D eigenvalue weighted by molar-refractivity contribution is 6.35. The van der Waals surface area contributed by atoms with E-state index in [1.54, 1.807) is 18.2 Å². The predicted octanol–water partition coefficient (Wildman–Crippen LogP) is 2.92. The number of carbonyl (C=O) groups is 2. The molecule has 0 aliphatic carbocycles. The van der Waals surface area contributed by atoms with E-state index in [9.17, 15) is 9.59 Å². The summed E-state index contributed by atoms with van der Waals surface area (Å²) >= 11 is 11.7. The second-order valence-electron chi connectivity index (χ2n) is 4.48. The predicted molar refractivity (Wildman–Crippen MR) is 87.2 cm³/mol. The second kappa shape index (κ2) is 7.75. The first kappa shape index (κ1) is 17.0. The molecule has 1 aromatic heterocycles. The van der Waals surface area contributed by atoms with Gasteiger partial charge in [0.05, 0.1) is 12.4 Å². The number of halogens is 2. The monoisotopic (exact) mass is 354 g/mol. The van der Waals surface area contributed by atoms with Crippen LogP contribution in [0.1, 0.15) is 16.9 Å². The van der Waals surface area contributed by atoms with Crippen molar-refractivity contribution in [2.24, 2.45) is 0 Å². The van der Waals surface area contributed by atoms with Gasteiger partial charge < -0.3 is 15.7 Å². The van der Waals surface area contributed by atoms with Crippen molar-refractivity contribution in [3.05, 3.63) is 46.3 Å². The molecule has 0 atom stereocenters. The zero-order valence-electron chi connectivity index (χ0n) is 11.7. The van der Waals surface area contributed by atoms with Crippen LogP contribution in [-0.2, 0) is 4.79 Å². The third-order valence-electron chi connectivity index (χ3n) is 2.68. The minimum atomic E-state index is -1.15. The zero-order chi connectivity index (χ0) is 16.8. The number of aromatic carboxylic acids is 1. The van der Waals surface area contributed by atoms with Gasteiger partial charge >= 0.3 is 5.97 Å². The summed E-state index contributed by atoms with van der Waals surface area (Å²) in [5, 5.41) is 15.1. The number of aromatic nitrogens is 2. The Kier molecular flexibility index (Phi) is 5.72. The number of rotatable bonds is 6. The Morgan fingerprint density at radius 2 is 1.78 bits per heavy atom. The van der Waals surface area contributed by atoms with E-state index < -0.39 is 5.97 Å². The third-order valence-corrected chi connectivity index (χ3v) is 3.11. The van der Waals surface area contributed by atoms with Gasteiger partial charge in [0.2, 0.25) is 5.91 Å². The first-order valence-electron chi connectivity index (χ1n) is 6.49. The van der Waals surface area contributed by atoms with Crippen LogP contribution in [0.3, 0.4) is 0 Å². The summed E-state index contributed by atoms with van der Waals surface area (Å²) in [5.41, 5.74) is 0.365. The van der Waals surface area contributed by atoms with E-state index in [-0.39, 0.29) is 18.0 Å². The van der Waals surface area contributed by atoms with Crippen molar-refractivity contribution in [3.63, 3.8) is 0 Å². The van der Waals surface area contributed by atoms with E-state index in [0.29, 0.717) is 28.1 Å². The van der Waals surface area contributed by atoms with E-state index in [0.717, 1.165) is 6.20 Å². The Hall–Kier alpha value is -2.38. The summed E-state index contributed by atoms with van der Waals surface area (Å²) in [4.78, 5) is 30.1. The number of benzene rings is 1. The summed E-state index contributed by atoms with van der Waals surface area (Å²) in [7, 11) is 0. The normalized spacial score (nSPS) is 10.2. The Balaban J connectivity index is 1.81. The smallest absolute Gasteiger partial charge is 0.356 e. The first-order valence-corrected chi connectivity index (χ1v) is 7.25. The number of hydrogen-bond donors (Lipinski definition) is 3. The maximum Gasteiger partial charge on any atom is 0.356 e. The van der Waals surface area contributed by atoms with Crippen molar-refractivity contribution < 1.29 is 14.7 Å². The highest BCUT2D eigenvalue weighted by Gasteiger charge is 2.06. The van der Waals surface area contributed by atoms with Crippen LogP contribution in [0.2, 0.25) is 10.0 Å². The van der Waals surface area contributed by atoms with Crippen molar-refractivity contribution in [3.8, 4) is 0 Å². The molecule has 2 rings (SSSR count). The fraction of sp³-hybridized carbons (Fsp3) is 0.143. The van der Waals surface area contributed by atoms with E-state index >= 15 is 0 Å². The lowest BCUT2D eigenvalue weighted by atomic mass is 10.3. The maximum atomic E-state index is 11.8. The van der Waals surface area contributed by atoms with Crippen LogP contribution in [0.5, 0.6) is 0 Å². The molecule has 0 saturated heterocycles. The molecule has 9 heteroatoms. The van der Waals surface area contributed by atoms with Crippen molar-refractivity contribution in [1.29, 1.82) is 0 Å². The molecule has 0 spiro atoms. The molecule has 3 N–H and O–H groups in total. The number of amides is 1. The van der Waals surface area contributed by atoms with E-state index in [2.05, 4.69) is 20.6 Å². The van der Waals surface area contributed by atoms with Crippen LogP contribution in [0.15, 0.2) is 30.6 Å². The van der Waals surface area contributed by atoms with Gasteiger partial charge in [-0.05, 0) is 18.2 Å². The van der Waals surface area contributed by atoms with Gasteiger partial charge in [0.1, 0.15) is 5.82 Å². The van der Waals surface area contributed by atoms with Gasteiger partial charge in [-0.1, -0.05) is 23.2 Å². The van der Waals surface area contributed by atoms with Crippen LogP contribution >= 0.6 is 23.2 Å². The molecular weight excluding hydrogens is 343 g/mol. The van der Waals surface area contributed by atoms with Gasteiger partial charge in [0.25, 0.3) is 0 Å². The third kappa shape index (κ3) is 5.39. The molecule has 2 aromatic rings. The first-order chi connectivity index (χ1) is 10.9. The number of carbonyl (C=O) groups excluding carboxylic acids is 1. The molecule has 23 heavy (non-hydrogen) atoms. The molecular formula is C14H12Cl2N4O3. The lowest BCUT2D eigenvalue weighted by Gasteiger charge is -2.07. The Morgan fingerprint density at radius 1 is 1.09 bits per heavy atom. The number of hydrogen-bond acceptors (Lipinski definition) is 5. The lowest BCUT2D eigenvalue weighted by Crippen LogP contribution is -2.16. The number of carboxylic acids is 1. The second-order valence-corrected chi connectivity index (χ2v) is 5.35. The average Bonchev–Trinajstić information content (AvgIpc) is 2.46. The zero-order valence-corrected chi connectivity index (χ0v) is 13.2. The summed E-state index contributed by atoms with van der Waals surface area (Å²) in [6.07, 6.45) is 2.60. The minimum Gasteiger partial charge on any atom is -0.476 e. The molecule has 7 nitrogen and oxygen atoms in total. The van der Waals surface area contributed by atoms with Gasteiger partial charge in [-0.2, -0.15) is 0 Å². The van der Waals surface area contributed by atoms with E-state index in [1.807, 2.05) is 0 Å².